The van der Waals surface area contributed by atoms with Crippen molar-refractivity contribution in [1.82, 2.24) is 0 Å². The molecule has 0 aliphatic carbocycles. The molecule has 1 heteroatoms. The zero-order valence-electron chi connectivity index (χ0n) is 7.55. The van der Waals surface area contributed by atoms with Gasteiger partial charge in [-0.05, 0) is 12.8 Å². The van der Waals surface area contributed by atoms with Crippen LogP contribution in [0.1, 0.15) is 52.9 Å². The Morgan fingerprint density at radius 2 is 2.00 bits per heavy atom. The van der Waals surface area contributed by atoms with Crippen molar-refractivity contribution in [3.8, 4) is 0 Å². The van der Waals surface area contributed by atoms with Crippen LogP contribution in [0.5, 0.6) is 0 Å². The van der Waals surface area contributed by atoms with Crippen molar-refractivity contribution >= 4 is 0 Å². The Morgan fingerprint density at radius 1 is 1.33 bits per heavy atom. The number of aliphatic hydroxyl groups excluding tert-OH is 1. The van der Waals surface area contributed by atoms with E-state index >= 15 is 0 Å². The molecule has 1 N–H and O–H groups in total. The zero-order valence-corrected chi connectivity index (χ0v) is 7.55. The number of unbranched alkanes of at least 4 members (excludes halogenated alkanes) is 3. The predicted octanol–water partition coefficient (Wildman–Crippen LogP) is 3.53. The standard InChI is InChI=1S/C10H20O.CH4/c1-3-5-6-7-9-10(11)8-4-2;/h4,10-11H,2-3,5-9H2,1H3;1H4/t10-;/m0./s1. The summed E-state index contributed by atoms with van der Waals surface area (Å²) in [6, 6.07) is 0. The van der Waals surface area contributed by atoms with Gasteiger partial charge in [-0.2, -0.15) is 0 Å². The maximum atomic E-state index is 9.28. The van der Waals surface area contributed by atoms with Crippen LogP contribution in [0.2, 0.25) is 0 Å². The molecule has 0 rings (SSSR count). The first-order valence-corrected chi connectivity index (χ1v) is 4.60. The summed E-state index contributed by atoms with van der Waals surface area (Å²) in [6.07, 6.45) is 8.28. The van der Waals surface area contributed by atoms with E-state index in [-0.39, 0.29) is 13.5 Å². The molecule has 0 aromatic carbocycles. The Labute approximate surface area is 77.5 Å². The topological polar surface area (TPSA) is 20.2 Å². The third-order valence-corrected chi connectivity index (χ3v) is 1.83. The molecule has 0 spiro atoms. The summed E-state index contributed by atoms with van der Waals surface area (Å²) in [5.74, 6) is 0. The van der Waals surface area contributed by atoms with Crippen molar-refractivity contribution in [2.45, 2.75) is 59.0 Å². The van der Waals surface area contributed by atoms with Crippen LogP contribution in [0.3, 0.4) is 0 Å². The van der Waals surface area contributed by atoms with Crippen LogP contribution >= 0.6 is 0 Å². The average molecular weight is 172 g/mol. The van der Waals surface area contributed by atoms with Crippen molar-refractivity contribution in [2.24, 2.45) is 0 Å². The average Bonchev–Trinajstić information content (AvgIpc) is 1.99. The summed E-state index contributed by atoms with van der Waals surface area (Å²) < 4.78 is 0. The Hall–Kier alpha value is -0.300. The smallest absolute Gasteiger partial charge is 0.0574 e. The molecule has 0 amide bonds. The summed E-state index contributed by atoms with van der Waals surface area (Å²) in [4.78, 5) is 0. The van der Waals surface area contributed by atoms with Crippen LogP contribution < -0.4 is 0 Å². The third-order valence-electron chi connectivity index (χ3n) is 1.83. The van der Waals surface area contributed by atoms with Gasteiger partial charge in [0.25, 0.3) is 0 Å². The normalized spacial score (nSPS) is 11.8. The van der Waals surface area contributed by atoms with E-state index in [2.05, 4.69) is 13.5 Å². The quantitative estimate of drug-likeness (QED) is 0.460. The van der Waals surface area contributed by atoms with Gasteiger partial charge in [-0.3, -0.25) is 0 Å². The molecule has 0 aromatic rings. The van der Waals surface area contributed by atoms with Crippen LogP contribution in [0.15, 0.2) is 12.7 Å². The third kappa shape index (κ3) is 9.70. The minimum Gasteiger partial charge on any atom is -0.393 e. The van der Waals surface area contributed by atoms with Crippen molar-refractivity contribution in [3.05, 3.63) is 12.7 Å². The first-order chi connectivity index (χ1) is 5.31. The Balaban J connectivity index is 0. The predicted molar refractivity (Wildman–Crippen MR) is 56.3 cm³/mol. The van der Waals surface area contributed by atoms with E-state index in [0.717, 1.165) is 19.3 Å². The van der Waals surface area contributed by atoms with E-state index in [1.54, 1.807) is 6.08 Å². The van der Waals surface area contributed by atoms with Crippen LogP contribution in [0, 0.1) is 0 Å². The van der Waals surface area contributed by atoms with Gasteiger partial charge in [-0.25, -0.2) is 0 Å². The second kappa shape index (κ2) is 10.7. The monoisotopic (exact) mass is 172 g/mol. The highest BCUT2D eigenvalue weighted by molar-refractivity contribution is 4.71. The van der Waals surface area contributed by atoms with Crippen LogP contribution in [-0.2, 0) is 0 Å². The van der Waals surface area contributed by atoms with Gasteiger partial charge in [0.1, 0.15) is 0 Å². The van der Waals surface area contributed by atoms with E-state index in [0.29, 0.717) is 0 Å². The first kappa shape index (κ1) is 14.2. The second-order valence-electron chi connectivity index (χ2n) is 3.03. The van der Waals surface area contributed by atoms with Gasteiger partial charge in [-0.1, -0.05) is 46.1 Å². The fourth-order valence-electron chi connectivity index (χ4n) is 1.12. The van der Waals surface area contributed by atoms with Crippen LogP contribution in [0.25, 0.3) is 0 Å². The van der Waals surface area contributed by atoms with Gasteiger partial charge < -0.3 is 5.11 Å². The Morgan fingerprint density at radius 3 is 2.50 bits per heavy atom. The molecule has 0 bridgehead atoms. The number of rotatable bonds is 7. The lowest BCUT2D eigenvalue weighted by Gasteiger charge is -2.06. The Kier molecular flexibility index (Phi) is 12.7. The highest BCUT2D eigenvalue weighted by Crippen LogP contribution is 2.07. The molecule has 1 nitrogen and oxygen atoms in total. The van der Waals surface area contributed by atoms with Gasteiger partial charge in [0, 0.05) is 0 Å². The molecule has 0 saturated carbocycles. The fourth-order valence-corrected chi connectivity index (χ4v) is 1.12. The number of aliphatic hydroxyl groups is 1. The SMILES string of the molecule is C.C=CC[C@H](O)CCCCCC. The van der Waals surface area contributed by atoms with Crippen molar-refractivity contribution in [2.75, 3.05) is 0 Å². The maximum absolute atomic E-state index is 9.28. The van der Waals surface area contributed by atoms with Gasteiger partial charge in [0.2, 0.25) is 0 Å². The van der Waals surface area contributed by atoms with E-state index < -0.39 is 0 Å². The molecular weight excluding hydrogens is 148 g/mol. The molecule has 0 radical (unpaired) electrons. The Bertz CT molecular complexity index is 89.0. The zero-order chi connectivity index (χ0) is 8.53. The molecule has 0 unspecified atom stereocenters. The summed E-state index contributed by atoms with van der Waals surface area (Å²) >= 11 is 0. The molecular formula is C11H24O. The van der Waals surface area contributed by atoms with E-state index in [1.165, 1.54) is 19.3 Å². The minimum atomic E-state index is -0.149. The van der Waals surface area contributed by atoms with Gasteiger partial charge >= 0.3 is 0 Å². The number of hydrogen-bond acceptors (Lipinski definition) is 1. The second-order valence-corrected chi connectivity index (χ2v) is 3.03. The van der Waals surface area contributed by atoms with Crippen LogP contribution in [-0.4, -0.2) is 11.2 Å². The summed E-state index contributed by atoms with van der Waals surface area (Å²) in [7, 11) is 0. The van der Waals surface area contributed by atoms with Crippen molar-refractivity contribution in [1.29, 1.82) is 0 Å². The van der Waals surface area contributed by atoms with Crippen LogP contribution in [0.4, 0.5) is 0 Å². The van der Waals surface area contributed by atoms with E-state index in [9.17, 15) is 5.11 Å². The summed E-state index contributed by atoms with van der Waals surface area (Å²) in [5, 5.41) is 9.28. The highest BCUT2D eigenvalue weighted by Gasteiger charge is 1.99. The van der Waals surface area contributed by atoms with Gasteiger partial charge in [-0.15, -0.1) is 6.58 Å². The molecule has 1 atom stereocenters. The highest BCUT2D eigenvalue weighted by atomic mass is 16.3. The molecule has 0 aromatic heterocycles. The molecule has 12 heavy (non-hydrogen) atoms. The van der Waals surface area contributed by atoms with Gasteiger partial charge in [0.15, 0.2) is 0 Å². The molecule has 0 aliphatic rings. The lowest BCUT2D eigenvalue weighted by Crippen LogP contribution is -2.03. The molecule has 0 heterocycles. The summed E-state index contributed by atoms with van der Waals surface area (Å²) in [6.45, 7) is 5.78. The minimum absolute atomic E-state index is 0. The van der Waals surface area contributed by atoms with E-state index in [4.69, 9.17) is 0 Å². The summed E-state index contributed by atoms with van der Waals surface area (Å²) in [5.41, 5.74) is 0. The molecule has 0 aliphatic heterocycles. The van der Waals surface area contributed by atoms with Gasteiger partial charge in [0.05, 0.1) is 6.10 Å². The van der Waals surface area contributed by atoms with Crippen molar-refractivity contribution in [3.63, 3.8) is 0 Å². The maximum Gasteiger partial charge on any atom is 0.0574 e. The first-order valence-electron chi connectivity index (χ1n) is 4.60. The lowest BCUT2D eigenvalue weighted by atomic mass is 10.1. The largest absolute Gasteiger partial charge is 0.393 e. The molecule has 74 valence electrons. The lowest BCUT2D eigenvalue weighted by molar-refractivity contribution is 0.164. The molecule has 0 saturated heterocycles. The fraction of sp³-hybridized carbons (Fsp3) is 0.818. The molecule has 0 fully saturated rings. The van der Waals surface area contributed by atoms with Crippen molar-refractivity contribution < 1.29 is 5.11 Å². The van der Waals surface area contributed by atoms with E-state index in [1.807, 2.05) is 0 Å². The number of hydrogen-bond donors (Lipinski definition) is 1.